The molecule has 0 N–H and O–H groups in total. The summed E-state index contributed by atoms with van der Waals surface area (Å²) < 4.78 is 2.39. The van der Waals surface area contributed by atoms with E-state index in [0.29, 0.717) is 0 Å². The average molecular weight is 711 g/mol. The van der Waals surface area contributed by atoms with Crippen LogP contribution < -0.4 is 4.90 Å². The Balaban J connectivity index is 1.01. The van der Waals surface area contributed by atoms with Gasteiger partial charge in [0.2, 0.25) is 0 Å². The molecule has 2 aliphatic carbocycles. The number of anilines is 3. The molecule has 12 rings (SSSR count). The average Bonchev–Trinajstić information content (AvgIpc) is 3.54. The molecule has 0 amide bonds. The van der Waals surface area contributed by atoms with E-state index in [1.807, 2.05) is 0 Å². The summed E-state index contributed by atoms with van der Waals surface area (Å²) in [6.07, 6.45) is 0. The van der Waals surface area contributed by atoms with Crippen LogP contribution in [0.5, 0.6) is 0 Å². The van der Waals surface area contributed by atoms with Crippen LogP contribution in [-0.4, -0.2) is 4.57 Å². The van der Waals surface area contributed by atoms with Gasteiger partial charge in [0, 0.05) is 33.5 Å². The molecule has 56 heavy (non-hydrogen) atoms. The number of fused-ring (bicyclic) bond motifs is 7. The van der Waals surface area contributed by atoms with Crippen molar-refractivity contribution in [3.8, 4) is 72.4 Å². The monoisotopic (exact) mass is 710 g/mol. The van der Waals surface area contributed by atoms with Crippen LogP contribution >= 0.6 is 0 Å². The number of rotatable bonds is 5. The molecule has 0 saturated carbocycles. The van der Waals surface area contributed by atoms with Crippen molar-refractivity contribution in [3.05, 3.63) is 206 Å². The summed E-state index contributed by atoms with van der Waals surface area (Å²) in [5.41, 5.74) is 22.3. The maximum Gasteiger partial charge on any atom is 0.0547 e. The standard InChI is InChI=1S/C54H34N2/c1-3-13-37(14-4-1)55(39-28-25-35(26-29-39)36-27-31-44-43-18-9-10-24-51(43)56(52(44)33-36)38-15-5-2-6-16-38)40-30-32-42-47-21-12-22-48-49-23-11-20-46(54(49)50(42)34-40)41-17-7-8-19-45(41)53(47)48/h1-34H. The van der Waals surface area contributed by atoms with E-state index in [4.69, 9.17) is 0 Å². The third-order valence-corrected chi connectivity index (χ3v) is 11.9. The molecule has 9 aromatic carbocycles. The summed E-state index contributed by atoms with van der Waals surface area (Å²) in [6.45, 7) is 0. The van der Waals surface area contributed by atoms with Gasteiger partial charge in [0.25, 0.3) is 0 Å². The third-order valence-electron chi connectivity index (χ3n) is 11.9. The summed E-state index contributed by atoms with van der Waals surface area (Å²) in [6, 6.07) is 75.7. The van der Waals surface area contributed by atoms with Gasteiger partial charge >= 0.3 is 0 Å². The van der Waals surface area contributed by atoms with E-state index >= 15 is 0 Å². The first-order chi connectivity index (χ1) is 27.8. The van der Waals surface area contributed by atoms with Crippen LogP contribution in [0.15, 0.2) is 206 Å². The van der Waals surface area contributed by atoms with Gasteiger partial charge in [-0.1, -0.05) is 146 Å². The van der Waals surface area contributed by atoms with Gasteiger partial charge in [-0.2, -0.15) is 0 Å². The Morgan fingerprint density at radius 3 is 1.55 bits per heavy atom. The van der Waals surface area contributed by atoms with Gasteiger partial charge in [-0.25, -0.2) is 0 Å². The molecule has 0 unspecified atom stereocenters. The molecule has 0 saturated heterocycles. The van der Waals surface area contributed by atoms with Gasteiger partial charge in [0.15, 0.2) is 0 Å². The Kier molecular flexibility index (Phi) is 6.66. The van der Waals surface area contributed by atoms with Crippen molar-refractivity contribution >= 4 is 38.9 Å². The second-order valence-electron chi connectivity index (χ2n) is 14.9. The quantitative estimate of drug-likeness (QED) is 0.173. The molecule has 1 heterocycles. The third kappa shape index (κ3) is 4.50. The molecule has 0 atom stereocenters. The van der Waals surface area contributed by atoms with Crippen LogP contribution in [0.3, 0.4) is 0 Å². The van der Waals surface area contributed by atoms with Crippen LogP contribution in [0.4, 0.5) is 17.1 Å². The highest BCUT2D eigenvalue weighted by Crippen LogP contribution is 2.57. The lowest BCUT2D eigenvalue weighted by molar-refractivity contribution is 1.18. The molecule has 0 spiro atoms. The summed E-state index contributed by atoms with van der Waals surface area (Å²) >= 11 is 0. The Morgan fingerprint density at radius 1 is 0.286 bits per heavy atom. The molecule has 2 aliphatic rings. The first-order valence-electron chi connectivity index (χ1n) is 19.4. The second-order valence-corrected chi connectivity index (χ2v) is 14.9. The zero-order chi connectivity index (χ0) is 36.7. The Morgan fingerprint density at radius 2 is 0.804 bits per heavy atom. The molecule has 0 fully saturated rings. The molecule has 0 radical (unpaired) electrons. The number of aromatic nitrogens is 1. The van der Waals surface area contributed by atoms with E-state index in [2.05, 4.69) is 216 Å². The summed E-state index contributed by atoms with van der Waals surface area (Å²) in [5.74, 6) is 0. The molecule has 0 aliphatic heterocycles. The zero-order valence-electron chi connectivity index (χ0n) is 30.5. The minimum Gasteiger partial charge on any atom is -0.310 e. The smallest absolute Gasteiger partial charge is 0.0547 e. The predicted octanol–water partition coefficient (Wildman–Crippen LogP) is 14.9. The predicted molar refractivity (Wildman–Crippen MR) is 235 cm³/mol. The van der Waals surface area contributed by atoms with Crippen molar-refractivity contribution < 1.29 is 0 Å². The van der Waals surface area contributed by atoms with E-state index < -0.39 is 0 Å². The van der Waals surface area contributed by atoms with Crippen LogP contribution in [0.1, 0.15) is 0 Å². The van der Waals surface area contributed by atoms with Crippen LogP contribution in [0.2, 0.25) is 0 Å². The maximum absolute atomic E-state index is 2.42. The SMILES string of the molecule is c1ccc(N(c2ccc(-c3ccc4c5ccccc5n(-c5ccccc5)c4c3)cc2)c2ccc3c(c2)-c2c4cccc2-c2cccc-3c2-c2ccccc2-4)cc1. The molecular weight excluding hydrogens is 677 g/mol. The largest absolute Gasteiger partial charge is 0.310 e. The normalized spacial score (nSPS) is 11.9. The summed E-state index contributed by atoms with van der Waals surface area (Å²) in [4.78, 5) is 2.39. The fourth-order valence-corrected chi connectivity index (χ4v) is 9.46. The lowest BCUT2D eigenvalue weighted by Crippen LogP contribution is -2.10. The van der Waals surface area contributed by atoms with Crippen molar-refractivity contribution in [3.63, 3.8) is 0 Å². The molecule has 2 nitrogen and oxygen atoms in total. The fourth-order valence-electron chi connectivity index (χ4n) is 9.46. The Hall–Kier alpha value is -7.42. The number of nitrogens with zero attached hydrogens (tertiary/aromatic N) is 2. The number of hydrogen-bond acceptors (Lipinski definition) is 1. The van der Waals surface area contributed by atoms with Gasteiger partial charge < -0.3 is 9.47 Å². The van der Waals surface area contributed by atoms with Crippen molar-refractivity contribution in [2.45, 2.75) is 0 Å². The van der Waals surface area contributed by atoms with Crippen LogP contribution in [0, 0.1) is 0 Å². The maximum atomic E-state index is 2.42. The number of para-hydroxylation sites is 3. The number of hydrogen-bond donors (Lipinski definition) is 0. The molecule has 1 aromatic heterocycles. The van der Waals surface area contributed by atoms with E-state index in [1.165, 1.54) is 94.3 Å². The second kappa shape index (κ2) is 12.0. The van der Waals surface area contributed by atoms with Gasteiger partial charge in [0.05, 0.1) is 11.0 Å². The first-order valence-corrected chi connectivity index (χ1v) is 19.4. The van der Waals surface area contributed by atoms with E-state index in [0.717, 1.165) is 17.1 Å². The Labute approximate surface area is 325 Å². The topological polar surface area (TPSA) is 8.17 Å². The Bertz CT molecular complexity index is 3150. The fraction of sp³-hybridized carbons (Fsp3) is 0. The van der Waals surface area contributed by atoms with Crippen molar-refractivity contribution in [1.82, 2.24) is 4.57 Å². The lowest BCUT2D eigenvalue weighted by atomic mass is 9.83. The van der Waals surface area contributed by atoms with Crippen molar-refractivity contribution in [1.29, 1.82) is 0 Å². The van der Waals surface area contributed by atoms with E-state index in [9.17, 15) is 0 Å². The highest BCUT2D eigenvalue weighted by atomic mass is 15.1. The van der Waals surface area contributed by atoms with Crippen LogP contribution in [0.25, 0.3) is 94.3 Å². The lowest BCUT2D eigenvalue weighted by Gasteiger charge is -2.28. The van der Waals surface area contributed by atoms with E-state index in [-0.39, 0.29) is 0 Å². The zero-order valence-corrected chi connectivity index (χ0v) is 30.5. The van der Waals surface area contributed by atoms with Gasteiger partial charge in [-0.05, 0) is 127 Å². The van der Waals surface area contributed by atoms with Gasteiger partial charge in [-0.15, -0.1) is 0 Å². The molecule has 260 valence electrons. The highest BCUT2D eigenvalue weighted by molar-refractivity contribution is 6.15. The minimum atomic E-state index is 1.11. The molecule has 2 heteroatoms. The molecule has 10 aromatic rings. The molecule has 6 bridgehead atoms. The number of benzene rings is 9. The highest BCUT2D eigenvalue weighted by Gasteiger charge is 2.31. The minimum absolute atomic E-state index is 1.11. The first kappa shape index (κ1) is 31.0. The van der Waals surface area contributed by atoms with E-state index in [1.54, 1.807) is 0 Å². The van der Waals surface area contributed by atoms with Gasteiger partial charge in [-0.3, -0.25) is 0 Å². The molecular formula is C54H34N2. The summed E-state index contributed by atoms with van der Waals surface area (Å²) in [7, 11) is 0. The van der Waals surface area contributed by atoms with Crippen molar-refractivity contribution in [2.75, 3.05) is 4.90 Å². The van der Waals surface area contributed by atoms with Gasteiger partial charge in [0.1, 0.15) is 0 Å². The van der Waals surface area contributed by atoms with Crippen molar-refractivity contribution in [2.24, 2.45) is 0 Å². The van der Waals surface area contributed by atoms with Crippen LogP contribution in [-0.2, 0) is 0 Å². The summed E-state index contributed by atoms with van der Waals surface area (Å²) in [5, 5.41) is 2.52.